The molecule has 0 bridgehead atoms. The van der Waals surface area contributed by atoms with Crippen molar-refractivity contribution in [2.45, 2.75) is 6.54 Å². The van der Waals surface area contributed by atoms with Crippen LogP contribution in [0.5, 0.6) is 0 Å². The van der Waals surface area contributed by atoms with Crippen molar-refractivity contribution in [3.05, 3.63) is 109 Å². The molecule has 0 atom stereocenters. The highest BCUT2D eigenvalue weighted by atomic mass is 35.5. The molecule has 3 aromatic carbocycles. The summed E-state index contributed by atoms with van der Waals surface area (Å²) in [4.78, 5) is 49.8. The maximum Gasteiger partial charge on any atom is 0.280 e. The Morgan fingerprint density at radius 2 is 1.53 bits per heavy atom. The summed E-state index contributed by atoms with van der Waals surface area (Å²) in [7, 11) is 0. The zero-order valence-corrected chi connectivity index (χ0v) is 17.7. The number of non-ortho nitro benzene ring substituents is 1. The summed E-state index contributed by atoms with van der Waals surface area (Å²) in [5.74, 6) is -2.03. The van der Waals surface area contributed by atoms with Gasteiger partial charge in [-0.3, -0.25) is 24.5 Å². The number of halogens is 2. The summed E-state index contributed by atoms with van der Waals surface area (Å²) in [5, 5.41) is 13.3. The van der Waals surface area contributed by atoms with Crippen molar-refractivity contribution < 1.29 is 19.3 Å². The average molecular weight is 470 g/mol. The number of carbonyl (C=O) groups is 3. The topological polar surface area (TPSA) is 101 Å². The van der Waals surface area contributed by atoms with Gasteiger partial charge in [0, 0.05) is 27.7 Å². The predicted molar refractivity (Wildman–Crippen MR) is 116 cm³/mol. The van der Waals surface area contributed by atoms with Crippen LogP contribution in [0.3, 0.4) is 0 Å². The molecule has 4 rings (SSSR count). The molecular formula is C22H13Cl2N3O5. The van der Waals surface area contributed by atoms with Crippen LogP contribution in [0.15, 0.2) is 66.7 Å². The Balaban J connectivity index is 1.76. The van der Waals surface area contributed by atoms with E-state index in [2.05, 4.69) is 0 Å². The Morgan fingerprint density at radius 1 is 0.938 bits per heavy atom. The van der Waals surface area contributed by atoms with E-state index >= 15 is 0 Å². The van der Waals surface area contributed by atoms with Crippen LogP contribution in [-0.2, 0) is 6.54 Å². The number of nitro groups is 1. The van der Waals surface area contributed by atoms with E-state index in [0.29, 0.717) is 10.6 Å². The highest BCUT2D eigenvalue weighted by molar-refractivity contribution is 6.35. The van der Waals surface area contributed by atoms with Gasteiger partial charge in [0.1, 0.15) is 0 Å². The number of fused-ring (bicyclic) bond motifs is 1. The number of hydrogen-bond donors (Lipinski definition) is 0. The van der Waals surface area contributed by atoms with E-state index in [-0.39, 0.29) is 33.9 Å². The summed E-state index contributed by atoms with van der Waals surface area (Å²) in [5.41, 5.74) is 0.636. The highest BCUT2D eigenvalue weighted by Crippen LogP contribution is 2.29. The fourth-order valence-corrected chi connectivity index (χ4v) is 3.78. The van der Waals surface area contributed by atoms with Gasteiger partial charge in [-0.1, -0.05) is 41.4 Å². The third kappa shape index (κ3) is 3.81. The minimum atomic E-state index is -0.708. The zero-order chi connectivity index (χ0) is 23.0. The summed E-state index contributed by atoms with van der Waals surface area (Å²) < 4.78 is 0. The Morgan fingerprint density at radius 3 is 2.06 bits per heavy atom. The third-order valence-corrected chi connectivity index (χ3v) is 5.50. The number of carbonyl (C=O) groups excluding carboxylic acids is 3. The maximum absolute atomic E-state index is 13.4. The first kappa shape index (κ1) is 21.5. The number of nitro benzene ring substituents is 1. The largest absolute Gasteiger partial charge is 0.280 e. The number of amides is 3. The van der Waals surface area contributed by atoms with E-state index < -0.39 is 22.6 Å². The molecule has 3 aromatic rings. The number of hydrogen-bond acceptors (Lipinski definition) is 5. The van der Waals surface area contributed by atoms with Gasteiger partial charge in [-0.2, -0.15) is 5.01 Å². The van der Waals surface area contributed by atoms with Gasteiger partial charge < -0.3 is 0 Å². The summed E-state index contributed by atoms with van der Waals surface area (Å²) >= 11 is 12.2. The molecule has 0 saturated heterocycles. The lowest BCUT2D eigenvalue weighted by molar-refractivity contribution is -0.384. The molecular weight excluding hydrogens is 457 g/mol. The van der Waals surface area contributed by atoms with Crippen molar-refractivity contribution in [1.82, 2.24) is 10.0 Å². The van der Waals surface area contributed by atoms with Gasteiger partial charge in [-0.25, -0.2) is 5.01 Å². The standard InChI is InChI=1S/C22H13Cl2N3O5/c23-15-8-5-14(19(24)11-15)12-25(20(28)13-6-9-16(10-7-13)27(31)32)26-21(29)17-3-1-2-4-18(17)22(26)30/h1-11H,12H2. The van der Waals surface area contributed by atoms with Crippen LogP contribution in [0.1, 0.15) is 36.6 Å². The minimum Gasteiger partial charge on any atom is -0.267 e. The Kier molecular flexibility index (Phi) is 5.65. The van der Waals surface area contributed by atoms with Crippen LogP contribution < -0.4 is 0 Å². The first-order valence-electron chi connectivity index (χ1n) is 9.26. The molecule has 1 aliphatic heterocycles. The molecule has 1 heterocycles. The quantitative estimate of drug-likeness (QED) is 0.304. The summed E-state index contributed by atoms with van der Waals surface area (Å²) in [6, 6.07) is 15.7. The van der Waals surface area contributed by atoms with E-state index in [1.807, 2.05) is 0 Å². The van der Waals surface area contributed by atoms with E-state index in [9.17, 15) is 24.5 Å². The number of nitrogens with zero attached hydrogens (tertiary/aromatic N) is 3. The normalized spacial score (nSPS) is 12.6. The lowest BCUT2D eigenvalue weighted by Crippen LogP contribution is -2.49. The van der Waals surface area contributed by atoms with Crippen LogP contribution in [0.25, 0.3) is 0 Å². The van der Waals surface area contributed by atoms with E-state index in [1.54, 1.807) is 24.3 Å². The Hall–Kier alpha value is -3.75. The summed E-state index contributed by atoms with van der Waals surface area (Å²) in [6.07, 6.45) is 0. The second kappa shape index (κ2) is 8.41. The van der Waals surface area contributed by atoms with Crippen molar-refractivity contribution in [2.75, 3.05) is 0 Å². The van der Waals surface area contributed by atoms with Crippen LogP contribution in [0, 0.1) is 10.1 Å². The van der Waals surface area contributed by atoms with Crippen molar-refractivity contribution in [2.24, 2.45) is 0 Å². The van der Waals surface area contributed by atoms with E-state index in [4.69, 9.17) is 23.2 Å². The molecule has 0 aliphatic carbocycles. The van der Waals surface area contributed by atoms with Crippen molar-refractivity contribution in [3.8, 4) is 0 Å². The monoisotopic (exact) mass is 469 g/mol. The fourth-order valence-electron chi connectivity index (χ4n) is 3.32. The minimum absolute atomic E-state index is 0.0530. The van der Waals surface area contributed by atoms with Gasteiger partial charge in [-0.15, -0.1) is 0 Å². The molecule has 160 valence electrons. The fraction of sp³-hybridized carbons (Fsp3) is 0.0455. The molecule has 0 saturated carbocycles. The van der Waals surface area contributed by atoms with Gasteiger partial charge in [0.25, 0.3) is 23.4 Å². The van der Waals surface area contributed by atoms with E-state index in [0.717, 1.165) is 10.0 Å². The molecule has 0 N–H and O–H groups in total. The Bertz CT molecular complexity index is 1240. The van der Waals surface area contributed by atoms with Crippen molar-refractivity contribution >= 4 is 46.6 Å². The predicted octanol–water partition coefficient (Wildman–Crippen LogP) is 4.76. The molecule has 0 unspecified atom stereocenters. The summed E-state index contributed by atoms with van der Waals surface area (Å²) in [6.45, 7) is -0.211. The van der Waals surface area contributed by atoms with Gasteiger partial charge in [0.05, 0.1) is 22.6 Å². The van der Waals surface area contributed by atoms with Crippen LogP contribution >= 0.6 is 23.2 Å². The molecule has 8 nitrogen and oxygen atoms in total. The lowest BCUT2D eigenvalue weighted by atomic mass is 10.1. The second-order valence-corrected chi connectivity index (χ2v) is 7.71. The lowest BCUT2D eigenvalue weighted by Gasteiger charge is -2.30. The maximum atomic E-state index is 13.4. The SMILES string of the molecule is O=C(c1ccc([N+](=O)[O-])cc1)N(Cc1ccc(Cl)cc1Cl)N1C(=O)c2ccccc2C1=O. The second-order valence-electron chi connectivity index (χ2n) is 6.87. The number of imide groups is 1. The molecule has 0 aromatic heterocycles. The molecule has 1 aliphatic rings. The number of benzene rings is 3. The first-order valence-corrected chi connectivity index (χ1v) is 10.0. The van der Waals surface area contributed by atoms with Crippen LogP contribution in [0.4, 0.5) is 5.69 Å². The van der Waals surface area contributed by atoms with Gasteiger partial charge in [0.15, 0.2) is 0 Å². The third-order valence-electron chi connectivity index (χ3n) is 4.91. The molecule has 0 spiro atoms. The van der Waals surface area contributed by atoms with Crippen molar-refractivity contribution in [1.29, 1.82) is 0 Å². The van der Waals surface area contributed by atoms with Crippen LogP contribution in [0.2, 0.25) is 10.0 Å². The number of rotatable bonds is 5. The molecule has 3 amide bonds. The highest BCUT2D eigenvalue weighted by Gasteiger charge is 2.41. The number of hydrazine groups is 1. The molecule has 32 heavy (non-hydrogen) atoms. The van der Waals surface area contributed by atoms with Gasteiger partial charge in [0.2, 0.25) is 0 Å². The van der Waals surface area contributed by atoms with E-state index in [1.165, 1.54) is 42.5 Å². The van der Waals surface area contributed by atoms with Crippen LogP contribution in [-0.4, -0.2) is 32.7 Å². The van der Waals surface area contributed by atoms with Gasteiger partial charge >= 0.3 is 0 Å². The zero-order valence-electron chi connectivity index (χ0n) is 16.2. The van der Waals surface area contributed by atoms with Crippen molar-refractivity contribution in [3.63, 3.8) is 0 Å². The Labute approximate surface area is 191 Å². The van der Waals surface area contributed by atoms with Gasteiger partial charge in [-0.05, 0) is 42.0 Å². The smallest absolute Gasteiger partial charge is 0.267 e. The molecule has 0 fully saturated rings. The first-order chi connectivity index (χ1) is 15.3. The molecule has 10 heteroatoms. The average Bonchev–Trinajstić information content (AvgIpc) is 3.03. The molecule has 0 radical (unpaired) electrons.